The molecule has 13 heteroatoms. The lowest BCUT2D eigenvalue weighted by molar-refractivity contribution is 0.126. The van der Waals surface area contributed by atoms with Gasteiger partial charge in [0.05, 0.1) is 30.3 Å². The van der Waals surface area contributed by atoms with Crippen molar-refractivity contribution < 1.29 is 17.5 Å². The van der Waals surface area contributed by atoms with Crippen molar-refractivity contribution in [3.05, 3.63) is 53.3 Å². The van der Waals surface area contributed by atoms with E-state index in [1.807, 2.05) is 40.9 Å². The Morgan fingerprint density at radius 1 is 1.16 bits per heavy atom. The molecule has 0 radical (unpaired) electrons. The van der Waals surface area contributed by atoms with Crippen LogP contribution < -0.4 is 9.80 Å². The van der Waals surface area contributed by atoms with Gasteiger partial charge in [0.2, 0.25) is 10.0 Å². The fourth-order valence-electron chi connectivity index (χ4n) is 4.77. The summed E-state index contributed by atoms with van der Waals surface area (Å²) < 4.78 is 46.6. The molecule has 4 heterocycles. The Morgan fingerprint density at radius 3 is 2.61 bits per heavy atom. The minimum atomic E-state index is -3.35. The molecule has 1 aliphatic heterocycles. The number of benzene rings is 1. The maximum Gasteiger partial charge on any atom is 0.211 e. The number of imidazole rings is 1. The number of thiazole rings is 1. The van der Waals surface area contributed by atoms with Gasteiger partial charge in [0.15, 0.2) is 16.6 Å². The van der Waals surface area contributed by atoms with E-state index in [0.717, 1.165) is 33.7 Å². The molecule has 0 bridgehead atoms. The Labute approximate surface area is 225 Å². The first-order chi connectivity index (χ1) is 18.2. The molecule has 38 heavy (non-hydrogen) atoms. The highest BCUT2D eigenvalue weighted by atomic mass is 32.2. The molecule has 0 unspecified atom stereocenters. The summed E-state index contributed by atoms with van der Waals surface area (Å²) in [5.41, 5.74) is 3.21. The Hall–Kier alpha value is -3.13. The average molecular weight is 560 g/mol. The van der Waals surface area contributed by atoms with Crippen LogP contribution in [0.1, 0.15) is 12.6 Å². The van der Waals surface area contributed by atoms with Gasteiger partial charge in [-0.2, -0.15) is 8.82 Å². The number of ether oxygens (including phenoxy) is 1. The molecule has 0 amide bonds. The van der Waals surface area contributed by atoms with E-state index in [1.165, 1.54) is 34.0 Å². The average Bonchev–Trinajstić information content (AvgIpc) is 3.53. The molecule has 5 rings (SSSR count). The van der Waals surface area contributed by atoms with Crippen LogP contribution in [0.5, 0.6) is 0 Å². The number of aromatic nitrogens is 4. The quantitative estimate of drug-likeness (QED) is 0.324. The molecule has 1 aliphatic rings. The zero-order valence-corrected chi connectivity index (χ0v) is 23.3. The normalized spacial score (nSPS) is 16.9. The lowest BCUT2D eigenvalue weighted by atomic mass is 10.2. The number of halogens is 1. The summed E-state index contributed by atoms with van der Waals surface area (Å²) in [6.45, 7) is 3.68. The SMILES string of the molecule is CCc1nc2ccc(N3CCN(S(C)(=O)=O)[C@H](COC)C3)nn2c1N(C)c1nc(-c2ccc(F)cc2)cs1. The number of hydrogen-bond acceptors (Lipinski definition) is 9. The number of methoxy groups -OCH3 is 1. The number of fused-ring (bicyclic) bond motifs is 1. The molecule has 1 atom stereocenters. The van der Waals surface area contributed by atoms with E-state index in [9.17, 15) is 12.8 Å². The molecule has 0 aliphatic carbocycles. The third-order valence-corrected chi connectivity index (χ3v) is 8.87. The van der Waals surface area contributed by atoms with Crippen LogP contribution in [-0.2, 0) is 21.2 Å². The highest BCUT2D eigenvalue weighted by Crippen LogP contribution is 2.34. The van der Waals surface area contributed by atoms with Gasteiger partial charge in [-0.15, -0.1) is 16.4 Å². The predicted molar refractivity (Wildman–Crippen MR) is 147 cm³/mol. The highest BCUT2D eigenvalue weighted by Gasteiger charge is 2.33. The summed E-state index contributed by atoms with van der Waals surface area (Å²) >= 11 is 1.49. The highest BCUT2D eigenvalue weighted by molar-refractivity contribution is 7.88. The smallest absolute Gasteiger partial charge is 0.211 e. The second-order valence-electron chi connectivity index (χ2n) is 9.21. The fraction of sp³-hybridized carbons (Fsp3) is 0.400. The first-order valence-electron chi connectivity index (χ1n) is 12.2. The summed E-state index contributed by atoms with van der Waals surface area (Å²) in [4.78, 5) is 13.6. The second-order valence-corrected chi connectivity index (χ2v) is 12.0. The van der Waals surface area contributed by atoms with E-state index in [-0.39, 0.29) is 11.9 Å². The molecular weight excluding hydrogens is 529 g/mol. The first kappa shape index (κ1) is 26.5. The molecule has 1 saturated heterocycles. The van der Waals surface area contributed by atoms with Crippen LogP contribution in [-0.4, -0.2) is 85.0 Å². The number of hydrogen-bond donors (Lipinski definition) is 0. The van der Waals surface area contributed by atoms with Gasteiger partial charge in [-0.05, 0) is 42.8 Å². The maximum absolute atomic E-state index is 13.4. The van der Waals surface area contributed by atoms with Gasteiger partial charge < -0.3 is 14.5 Å². The van der Waals surface area contributed by atoms with Crippen LogP contribution >= 0.6 is 11.3 Å². The monoisotopic (exact) mass is 559 g/mol. The van der Waals surface area contributed by atoms with Gasteiger partial charge in [0.25, 0.3) is 0 Å². The zero-order valence-electron chi connectivity index (χ0n) is 21.7. The summed E-state index contributed by atoms with van der Waals surface area (Å²) in [6, 6.07) is 9.83. The molecule has 1 fully saturated rings. The van der Waals surface area contributed by atoms with Crippen molar-refractivity contribution in [1.82, 2.24) is 23.9 Å². The minimum absolute atomic E-state index is 0.284. The molecular formula is C25H30FN7O3S2. The number of aryl methyl sites for hydroxylation is 1. The van der Waals surface area contributed by atoms with Gasteiger partial charge in [0.1, 0.15) is 11.6 Å². The van der Waals surface area contributed by atoms with Crippen molar-refractivity contribution in [2.24, 2.45) is 0 Å². The van der Waals surface area contributed by atoms with E-state index in [0.29, 0.717) is 38.3 Å². The Balaban J connectivity index is 1.47. The maximum atomic E-state index is 13.4. The van der Waals surface area contributed by atoms with Crippen LogP contribution in [0.4, 0.5) is 21.2 Å². The van der Waals surface area contributed by atoms with Crippen LogP contribution in [0.15, 0.2) is 41.8 Å². The van der Waals surface area contributed by atoms with Crippen molar-refractivity contribution in [2.75, 3.05) is 56.5 Å². The van der Waals surface area contributed by atoms with Crippen LogP contribution in [0.2, 0.25) is 0 Å². The van der Waals surface area contributed by atoms with Crippen molar-refractivity contribution in [1.29, 1.82) is 0 Å². The summed E-state index contributed by atoms with van der Waals surface area (Å²) in [5.74, 6) is 1.26. The summed E-state index contributed by atoms with van der Waals surface area (Å²) in [5, 5.41) is 7.64. The van der Waals surface area contributed by atoms with Crippen molar-refractivity contribution >= 4 is 43.8 Å². The Bertz CT molecular complexity index is 1540. The topological polar surface area (TPSA) is 96.2 Å². The standard InChI is InChI=1S/C25H30FN7O3S2/c1-5-20-24(30(2)25-28-21(16-37-25)17-6-8-18(26)9-7-17)33-22(27-20)10-11-23(29-33)31-12-13-32(38(4,34)35)19(14-31)15-36-3/h6-11,16,19H,5,12-15H2,1-4H3/t19-/m0/s1. The lowest BCUT2D eigenvalue weighted by Gasteiger charge is -2.40. The van der Waals surface area contributed by atoms with Gasteiger partial charge in [-0.3, -0.25) is 0 Å². The van der Waals surface area contributed by atoms with E-state index < -0.39 is 10.0 Å². The third-order valence-electron chi connectivity index (χ3n) is 6.62. The van der Waals surface area contributed by atoms with E-state index in [2.05, 4.69) is 4.90 Å². The van der Waals surface area contributed by atoms with Gasteiger partial charge in [0, 0.05) is 44.7 Å². The van der Waals surface area contributed by atoms with Crippen LogP contribution in [0.25, 0.3) is 16.9 Å². The summed E-state index contributed by atoms with van der Waals surface area (Å²) in [7, 11) is 0.161. The largest absolute Gasteiger partial charge is 0.383 e. The number of anilines is 3. The predicted octanol–water partition coefficient (Wildman–Crippen LogP) is 3.42. The minimum Gasteiger partial charge on any atom is -0.383 e. The molecule has 4 aromatic rings. The van der Waals surface area contributed by atoms with Crippen molar-refractivity contribution in [3.8, 4) is 11.3 Å². The van der Waals surface area contributed by atoms with Gasteiger partial charge in [-0.1, -0.05) is 6.92 Å². The van der Waals surface area contributed by atoms with E-state index in [1.54, 1.807) is 19.2 Å². The first-order valence-corrected chi connectivity index (χ1v) is 15.0. The van der Waals surface area contributed by atoms with Crippen molar-refractivity contribution in [3.63, 3.8) is 0 Å². The zero-order chi connectivity index (χ0) is 27.0. The fourth-order valence-corrected chi connectivity index (χ4v) is 6.66. The lowest BCUT2D eigenvalue weighted by Crippen LogP contribution is -2.56. The number of rotatable bonds is 8. The molecule has 0 N–H and O–H groups in total. The van der Waals surface area contributed by atoms with Crippen LogP contribution in [0, 0.1) is 5.82 Å². The summed E-state index contributed by atoms with van der Waals surface area (Å²) in [6.07, 6.45) is 1.94. The van der Waals surface area contributed by atoms with Crippen LogP contribution in [0.3, 0.4) is 0 Å². The van der Waals surface area contributed by atoms with Gasteiger partial charge in [-0.25, -0.2) is 22.8 Å². The molecule has 1 aromatic carbocycles. The Morgan fingerprint density at radius 2 is 1.92 bits per heavy atom. The molecule has 10 nitrogen and oxygen atoms in total. The number of nitrogens with zero attached hydrogens (tertiary/aromatic N) is 7. The van der Waals surface area contributed by atoms with E-state index >= 15 is 0 Å². The van der Waals surface area contributed by atoms with E-state index in [4.69, 9.17) is 19.8 Å². The molecule has 202 valence electrons. The molecule has 0 saturated carbocycles. The third kappa shape index (κ3) is 5.10. The molecule has 3 aromatic heterocycles. The van der Waals surface area contributed by atoms with Crippen molar-refractivity contribution in [2.45, 2.75) is 19.4 Å². The molecule has 0 spiro atoms. The van der Waals surface area contributed by atoms with Gasteiger partial charge >= 0.3 is 0 Å². The number of sulfonamides is 1. The number of piperazine rings is 1. The Kier molecular flexibility index (Phi) is 7.36. The second kappa shape index (κ2) is 10.6.